The Hall–Kier alpha value is 1.03. The summed E-state index contributed by atoms with van der Waals surface area (Å²) in [7, 11) is -3.61. The fourth-order valence-electron chi connectivity index (χ4n) is 1.10. The maximum atomic E-state index is 12.2. The minimum atomic E-state index is -3.61. The molecule has 0 saturated heterocycles. The molecule has 6 nitrogen and oxygen atoms in total. The average molecular weight is 324 g/mol. The molecule has 0 rings (SSSR count). The van der Waals surface area contributed by atoms with Crippen LogP contribution >= 0.6 is 7.60 Å². The largest absolute Gasteiger partial charge is 1.00 e. The topological polar surface area (TPSA) is 90.9 Å². The van der Waals surface area contributed by atoms with E-state index in [0.29, 0.717) is 0 Å². The Labute approximate surface area is 164 Å². The van der Waals surface area contributed by atoms with Gasteiger partial charge in [0, 0.05) is 5.31 Å². The van der Waals surface area contributed by atoms with Gasteiger partial charge in [0.2, 0.25) is 0 Å². The second kappa shape index (κ2) is 13.7. The number of hydrogen-bond acceptors (Lipinski definition) is 6. The molecule has 0 amide bonds. The average Bonchev–Trinajstić information content (AvgIpc) is 2.28. The number of rotatable bonds is 8. The first-order valence-electron chi connectivity index (χ1n) is 5.70. The molecule has 0 aromatic heterocycles. The summed E-state index contributed by atoms with van der Waals surface area (Å²) in [6, 6.07) is 0. The quantitative estimate of drug-likeness (QED) is 0.192. The summed E-state index contributed by atoms with van der Waals surface area (Å²) in [5.74, 6) is -1.49. The molecule has 0 N–H and O–H groups in total. The minimum absolute atomic E-state index is 0. The van der Waals surface area contributed by atoms with Crippen LogP contribution in [0.3, 0.4) is 0 Å². The van der Waals surface area contributed by atoms with Gasteiger partial charge in [-0.1, -0.05) is 12.7 Å². The van der Waals surface area contributed by atoms with Gasteiger partial charge in [-0.3, -0.25) is 4.57 Å². The molecule has 9 heteroatoms. The van der Waals surface area contributed by atoms with Crippen LogP contribution in [-0.2, 0) is 18.3 Å². The molecule has 0 radical (unpaired) electrons. The second-order valence-electron chi connectivity index (χ2n) is 3.18. The summed E-state index contributed by atoms with van der Waals surface area (Å²) < 4.78 is 26.8. The third-order valence-electron chi connectivity index (χ3n) is 1.90. The predicted molar refractivity (Wildman–Crippen MR) is 63.3 cm³/mol. The summed E-state index contributed by atoms with van der Waals surface area (Å²) in [6.07, 6.45) is 0.740. The summed E-state index contributed by atoms with van der Waals surface area (Å²) in [5.41, 5.74) is 0. The van der Waals surface area contributed by atoms with E-state index in [0.717, 1.165) is 6.08 Å². The van der Waals surface area contributed by atoms with Gasteiger partial charge in [0.05, 0.1) is 19.2 Å². The maximum absolute atomic E-state index is 12.2. The molecule has 0 aliphatic heterocycles. The Bertz CT molecular complexity index is 360. The molecular formula is C11H19Na2O6P. The first-order valence-corrected chi connectivity index (χ1v) is 7.24. The van der Waals surface area contributed by atoms with Gasteiger partial charge in [0.15, 0.2) is 0 Å². The minimum Gasteiger partial charge on any atom is -0.872 e. The van der Waals surface area contributed by atoms with Gasteiger partial charge in [-0.05, 0) is 33.5 Å². The Kier molecular flexibility index (Phi) is 17.7. The van der Waals surface area contributed by atoms with Crippen LogP contribution in [0, 0.1) is 0 Å². The van der Waals surface area contributed by atoms with Crippen LogP contribution in [0.4, 0.5) is 0 Å². The molecule has 106 valence electrons. The van der Waals surface area contributed by atoms with Gasteiger partial charge in [-0.2, -0.15) is 0 Å². The van der Waals surface area contributed by atoms with E-state index in [4.69, 9.17) is 9.05 Å². The van der Waals surface area contributed by atoms with E-state index in [1.54, 1.807) is 20.8 Å². The van der Waals surface area contributed by atoms with Crippen LogP contribution in [0.5, 0.6) is 0 Å². The first kappa shape index (κ1) is 26.0. The smallest absolute Gasteiger partial charge is 0.872 e. The molecule has 0 saturated carbocycles. The van der Waals surface area contributed by atoms with Crippen LogP contribution in [-0.4, -0.2) is 19.8 Å². The summed E-state index contributed by atoms with van der Waals surface area (Å²) in [6.45, 7) is 6.66. The summed E-state index contributed by atoms with van der Waals surface area (Å²) in [5, 5.41) is 22.7. The van der Waals surface area contributed by atoms with E-state index < -0.39 is 19.3 Å². The molecule has 20 heavy (non-hydrogen) atoms. The standard InChI is InChI=1S/C11H21O6P.2Na/c1-5-15-11(13)8-10(12)9(4)18(14,16-6-2)17-7-3;;/h8,12-13H,5-7H2,1-4H3;;/q;2*+1/p-2/b10-9-,11-8+;;. The molecule has 0 aromatic carbocycles. The zero-order chi connectivity index (χ0) is 14.2. The monoisotopic (exact) mass is 324 g/mol. The fourth-order valence-corrected chi connectivity index (χ4v) is 2.58. The third kappa shape index (κ3) is 9.13. The molecule has 0 unspecified atom stereocenters. The van der Waals surface area contributed by atoms with Gasteiger partial charge in [-0.25, -0.2) is 0 Å². The van der Waals surface area contributed by atoms with E-state index >= 15 is 0 Å². The van der Waals surface area contributed by atoms with Crippen molar-refractivity contribution in [1.29, 1.82) is 0 Å². The molecule has 0 heterocycles. The summed E-state index contributed by atoms with van der Waals surface area (Å²) in [4.78, 5) is 0. The predicted octanol–water partition coefficient (Wildman–Crippen LogP) is -4.91. The van der Waals surface area contributed by atoms with Crippen molar-refractivity contribution in [3.63, 3.8) is 0 Å². The maximum Gasteiger partial charge on any atom is 1.00 e. The molecule has 0 spiro atoms. The van der Waals surface area contributed by atoms with Crippen LogP contribution in [0.15, 0.2) is 23.1 Å². The number of ether oxygens (including phenoxy) is 1. The fraction of sp³-hybridized carbons (Fsp3) is 0.636. The molecule has 0 aliphatic carbocycles. The van der Waals surface area contributed by atoms with Crippen molar-refractivity contribution in [2.45, 2.75) is 27.7 Å². The Morgan fingerprint density at radius 1 is 1.05 bits per heavy atom. The van der Waals surface area contributed by atoms with Crippen molar-refractivity contribution in [3.8, 4) is 0 Å². The Balaban J connectivity index is -0.00000144. The van der Waals surface area contributed by atoms with Gasteiger partial charge in [0.1, 0.15) is 0 Å². The normalized spacial score (nSPS) is 12.9. The van der Waals surface area contributed by atoms with Crippen LogP contribution in [0.1, 0.15) is 27.7 Å². The van der Waals surface area contributed by atoms with Gasteiger partial charge in [0.25, 0.3) is 0 Å². The van der Waals surface area contributed by atoms with E-state index in [-0.39, 0.29) is 84.2 Å². The van der Waals surface area contributed by atoms with E-state index in [1.165, 1.54) is 6.92 Å². The van der Waals surface area contributed by atoms with Crippen molar-refractivity contribution >= 4 is 7.60 Å². The Morgan fingerprint density at radius 2 is 1.50 bits per heavy atom. The summed E-state index contributed by atoms with van der Waals surface area (Å²) >= 11 is 0. The molecule has 0 aliphatic rings. The zero-order valence-electron chi connectivity index (χ0n) is 13.1. The molecule has 0 bridgehead atoms. The van der Waals surface area contributed by atoms with Crippen molar-refractivity contribution in [2.75, 3.05) is 19.8 Å². The van der Waals surface area contributed by atoms with Crippen molar-refractivity contribution in [2.24, 2.45) is 0 Å². The molecule has 0 aromatic rings. The zero-order valence-corrected chi connectivity index (χ0v) is 18.0. The van der Waals surface area contributed by atoms with Crippen LogP contribution < -0.4 is 69.3 Å². The van der Waals surface area contributed by atoms with Crippen molar-refractivity contribution in [3.05, 3.63) is 23.1 Å². The van der Waals surface area contributed by atoms with E-state index in [1.807, 2.05) is 0 Å². The molecule has 0 atom stereocenters. The number of allylic oxidation sites excluding steroid dienone is 2. The van der Waals surface area contributed by atoms with Crippen LogP contribution in [0.2, 0.25) is 0 Å². The molecular weight excluding hydrogens is 305 g/mol. The van der Waals surface area contributed by atoms with Crippen molar-refractivity contribution in [1.82, 2.24) is 0 Å². The van der Waals surface area contributed by atoms with E-state index in [9.17, 15) is 14.8 Å². The SMILES string of the molecule is CCO/C([O-])=C/C([O-])=C(\C)P(=O)(OCC)OCC.[Na+].[Na+]. The van der Waals surface area contributed by atoms with Gasteiger partial charge in [-0.15, -0.1) is 0 Å². The third-order valence-corrected chi connectivity index (χ3v) is 4.14. The van der Waals surface area contributed by atoms with Crippen molar-refractivity contribution < 1.29 is 87.7 Å². The van der Waals surface area contributed by atoms with Gasteiger partial charge >= 0.3 is 66.7 Å². The van der Waals surface area contributed by atoms with E-state index in [2.05, 4.69) is 4.74 Å². The van der Waals surface area contributed by atoms with Gasteiger partial charge < -0.3 is 24.0 Å². The first-order chi connectivity index (χ1) is 8.41. The Morgan fingerprint density at radius 3 is 1.85 bits per heavy atom. The second-order valence-corrected chi connectivity index (χ2v) is 5.36. The molecule has 0 fully saturated rings. The van der Waals surface area contributed by atoms with Crippen LogP contribution in [0.25, 0.3) is 0 Å². The number of hydrogen-bond donors (Lipinski definition) is 0.